The van der Waals surface area contributed by atoms with E-state index in [0.29, 0.717) is 23.2 Å². The molecule has 27 heavy (non-hydrogen) atoms. The summed E-state index contributed by atoms with van der Waals surface area (Å²) in [7, 11) is 0. The fourth-order valence-corrected chi connectivity index (χ4v) is 2.94. The molecule has 0 aliphatic heterocycles. The first-order chi connectivity index (χ1) is 13.0. The number of nitrogens with one attached hydrogen (secondary N) is 1. The van der Waals surface area contributed by atoms with Gasteiger partial charge in [0.1, 0.15) is 0 Å². The first-order valence-corrected chi connectivity index (χ1v) is 9.33. The van der Waals surface area contributed by atoms with E-state index in [1.165, 1.54) is 17.3 Å². The van der Waals surface area contributed by atoms with E-state index < -0.39 is 0 Å². The second-order valence-electron chi connectivity index (χ2n) is 6.04. The van der Waals surface area contributed by atoms with Crippen molar-refractivity contribution in [2.45, 2.75) is 25.5 Å². The molecule has 0 bridgehead atoms. The van der Waals surface area contributed by atoms with Crippen LogP contribution in [0.15, 0.2) is 52.1 Å². The molecule has 136 valence electrons. The highest BCUT2D eigenvalue weighted by molar-refractivity contribution is 7.99. The Balaban J connectivity index is 1.55. The lowest BCUT2D eigenvalue weighted by atomic mass is 10.1. The number of amides is 1. The van der Waals surface area contributed by atoms with E-state index in [2.05, 4.69) is 21.6 Å². The first-order valence-electron chi connectivity index (χ1n) is 8.35. The third-order valence-electron chi connectivity index (χ3n) is 4.01. The number of hydrogen-bond acceptors (Lipinski definition) is 6. The number of aromatic nitrogens is 2. The van der Waals surface area contributed by atoms with Crippen LogP contribution in [-0.4, -0.2) is 21.9 Å². The Kier molecular flexibility index (Phi) is 5.89. The topological polar surface area (TPSA) is 91.8 Å². The van der Waals surface area contributed by atoms with Crippen LogP contribution in [0.3, 0.4) is 0 Å². The lowest BCUT2D eigenvalue weighted by molar-refractivity contribution is -0.113. The minimum absolute atomic E-state index is 0.161. The van der Waals surface area contributed by atoms with Gasteiger partial charge in [-0.3, -0.25) is 4.79 Å². The average Bonchev–Trinajstić information content (AvgIpc) is 3.13. The summed E-state index contributed by atoms with van der Waals surface area (Å²) < 4.78 is 5.64. The number of anilines is 1. The van der Waals surface area contributed by atoms with Crippen molar-refractivity contribution in [2.24, 2.45) is 0 Å². The van der Waals surface area contributed by atoms with Gasteiger partial charge in [-0.1, -0.05) is 30.0 Å². The van der Waals surface area contributed by atoms with Crippen LogP contribution in [0.25, 0.3) is 11.5 Å². The van der Waals surface area contributed by atoms with Crippen molar-refractivity contribution in [1.29, 1.82) is 5.26 Å². The molecule has 1 aromatic heterocycles. The second-order valence-corrected chi connectivity index (χ2v) is 6.97. The number of aryl methyl sites for hydroxylation is 2. The van der Waals surface area contributed by atoms with Crippen LogP contribution in [0, 0.1) is 25.2 Å². The van der Waals surface area contributed by atoms with Gasteiger partial charge >= 0.3 is 0 Å². The van der Waals surface area contributed by atoms with E-state index in [9.17, 15) is 4.79 Å². The zero-order chi connectivity index (χ0) is 19.2. The third-order valence-corrected chi connectivity index (χ3v) is 4.83. The van der Waals surface area contributed by atoms with Gasteiger partial charge in [-0.25, -0.2) is 0 Å². The molecule has 0 aliphatic carbocycles. The van der Waals surface area contributed by atoms with Crippen LogP contribution in [0.5, 0.6) is 0 Å². The van der Waals surface area contributed by atoms with Crippen molar-refractivity contribution in [3.05, 3.63) is 59.2 Å². The van der Waals surface area contributed by atoms with Gasteiger partial charge in [-0.2, -0.15) is 5.26 Å². The van der Waals surface area contributed by atoms with Crippen molar-refractivity contribution in [1.82, 2.24) is 10.2 Å². The summed E-state index contributed by atoms with van der Waals surface area (Å²) in [5, 5.41) is 19.9. The number of carbonyl (C=O) groups is 1. The Hall–Kier alpha value is -3.11. The zero-order valence-corrected chi connectivity index (χ0v) is 15.8. The van der Waals surface area contributed by atoms with E-state index in [1.54, 1.807) is 12.1 Å². The van der Waals surface area contributed by atoms with Crippen LogP contribution < -0.4 is 5.32 Å². The normalized spacial score (nSPS) is 10.4. The Labute approximate surface area is 161 Å². The summed E-state index contributed by atoms with van der Waals surface area (Å²) in [6.45, 7) is 4.08. The number of thioether (sulfide) groups is 1. The second kappa shape index (κ2) is 8.52. The Morgan fingerprint density at radius 2 is 1.93 bits per heavy atom. The molecule has 7 heteroatoms. The Morgan fingerprint density at radius 1 is 1.15 bits per heavy atom. The number of nitrogens with zero attached hydrogens (tertiary/aromatic N) is 3. The van der Waals surface area contributed by atoms with Crippen molar-refractivity contribution < 1.29 is 9.21 Å². The molecule has 0 fully saturated rings. The van der Waals surface area contributed by atoms with Crippen molar-refractivity contribution in [2.75, 3.05) is 11.1 Å². The lowest BCUT2D eigenvalue weighted by Gasteiger charge is -2.04. The largest absolute Gasteiger partial charge is 0.411 e. The number of carbonyl (C=O) groups excluding carboxylic acids is 1. The summed E-state index contributed by atoms with van der Waals surface area (Å²) in [5.74, 6) is 0.433. The van der Waals surface area contributed by atoms with Crippen LogP contribution in [0.2, 0.25) is 0 Å². The maximum atomic E-state index is 12.1. The van der Waals surface area contributed by atoms with E-state index in [1.807, 2.05) is 44.2 Å². The number of rotatable bonds is 6. The molecule has 0 spiro atoms. The van der Waals surface area contributed by atoms with Crippen molar-refractivity contribution >= 4 is 23.4 Å². The minimum Gasteiger partial charge on any atom is -0.411 e. The predicted octanol–water partition coefficient (Wildman–Crippen LogP) is 4.15. The molecule has 0 saturated heterocycles. The molecule has 0 aliphatic rings. The number of benzene rings is 2. The maximum Gasteiger partial charge on any atom is 0.277 e. The first kappa shape index (κ1) is 18.7. The van der Waals surface area contributed by atoms with Crippen LogP contribution in [-0.2, 0) is 11.2 Å². The molecule has 3 rings (SSSR count). The zero-order valence-electron chi connectivity index (χ0n) is 15.0. The highest BCUT2D eigenvalue weighted by Crippen LogP contribution is 2.25. The van der Waals surface area contributed by atoms with Gasteiger partial charge in [0.2, 0.25) is 11.8 Å². The summed E-state index contributed by atoms with van der Waals surface area (Å²) in [6, 6.07) is 15.2. The summed E-state index contributed by atoms with van der Waals surface area (Å²) in [4.78, 5) is 12.1. The fraction of sp³-hybridized carbons (Fsp3) is 0.200. The van der Waals surface area contributed by atoms with Gasteiger partial charge in [0.05, 0.1) is 18.2 Å². The average molecular weight is 378 g/mol. The highest BCUT2D eigenvalue weighted by Gasteiger charge is 2.12. The van der Waals surface area contributed by atoms with E-state index in [-0.39, 0.29) is 11.7 Å². The standard InChI is InChI=1S/C20H18N4O2S/c1-13-3-6-16(11-14(13)2)19-23-24-20(26-19)27-12-18(25)22-17-7-4-15(5-8-17)9-10-21/h3-8,11H,9,12H2,1-2H3,(H,22,25). The lowest BCUT2D eigenvalue weighted by Crippen LogP contribution is -2.13. The Morgan fingerprint density at radius 3 is 2.63 bits per heavy atom. The SMILES string of the molecule is Cc1ccc(-c2nnc(SCC(=O)Nc3ccc(CC#N)cc3)o2)cc1C. The van der Waals surface area contributed by atoms with Gasteiger partial charge in [0.25, 0.3) is 5.22 Å². The quantitative estimate of drug-likeness (QED) is 0.648. The maximum absolute atomic E-state index is 12.1. The summed E-state index contributed by atoms with van der Waals surface area (Å²) in [5.41, 5.74) is 4.81. The molecule has 3 aromatic rings. The minimum atomic E-state index is -0.168. The molecular weight excluding hydrogens is 360 g/mol. The van der Waals surface area contributed by atoms with Crippen LogP contribution in [0.1, 0.15) is 16.7 Å². The van der Waals surface area contributed by atoms with Crippen molar-refractivity contribution in [3.8, 4) is 17.5 Å². The van der Waals surface area contributed by atoms with E-state index in [0.717, 1.165) is 16.7 Å². The van der Waals surface area contributed by atoms with Crippen LogP contribution >= 0.6 is 11.8 Å². The van der Waals surface area contributed by atoms with Gasteiger partial charge < -0.3 is 9.73 Å². The molecule has 1 N–H and O–H groups in total. The van der Waals surface area contributed by atoms with E-state index in [4.69, 9.17) is 9.68 Å². The molecule has 2 aromatic carbocycles. The molecule has 0 atom stereocenters. The highest BCUT2D eigenvalue weighted by atomic mass is 32.2. The molecule has 0 unspecified atom stereocenters. The molecular formula is C20H18N4O2S. The molecule has 1 amide bonds. The monoisotopic (exact) mass is 378 g/mol. The van der Waals surface area contributed by atoms with Crippen molar-refractivity contribution in [3.63, 3.8) is 0 Å². The summed E-state index contributed by atoms with van der Waals surface area (Å²) in [6.07, 6.45) is 0.351. The number of nitriles is 1. The predicted molar refractivity (Wildman–Crippen MR) is 104 cm³/mol. The molecule has 6 nitrogen and oxygen atoms in total. The Bertz CT molecular complexity index is 990. The van der Waals surface area contributed by atoms with Gasteiger partial charge in [-0.15, -0.1) is 10.2 Å². The number of hydrogen-bond donors (Lipinski definition) is 1. The summed E-state index contributed by atoms with van der Waals surface area (Å²) >= 11 is 1.19. The smallest absolute Gasteiger partial charge is 0.277 e. The van der Waals surface area contributed by atoms with Gasteiger partial charge in [0.15, 0.2) is 0 Å². The third kappa shape index (κ3) is 4.96. The molecule has 0 radical (unpaired) electrons. The van der Waals surface area contributed by atoms with Crippen LogP contribution in [0.4, 0.5) is 5.69 Å². The fourth-order valence-electron chi connectivity index (χ4n) is 2.38. The van der Waals surface area contributed by atoms with Gasteiger partial charge in [-0.05, 0) is 54.8 Å². The van der Waals surface area contributed by atoms with E-state index >= 15 is 0 Å². The molecule has 1 heterocycles. The molecule has 0 saturated carbocycles. The van der Waals surface area contributed by atoms with Gasteiger partial charge in [0, 0.05) is 11.3 Å².